The summed E-state index contributed by atoms with van der Waals surface area (Å²) in [4.78, 5) is 25.0. The van der Waals surface area contributed by atoms with Gasteiger partial charge in [-0.2, -0.15) is 5.26 Å². The molecule has 2 aliphatic rings. The van der Waals surface area contributed by atoms with Crippen LogP contribution in [-0.4, -0.2) is 29.8 Å². The van der Waals surface area contributed by atoms with Gasteiger partial charge in [0.25, 0.3) is 5.92 Å². The first-order valence-corrected chi connectivity index (χ1v) is 13.5. The number of nitriles is 1. The molecule has 4 atom stereocenters. The number of rotatable bonds is 8. The molecule has 0 radical (unpaired) electrons. The van der Waals surface area contributed by atoms with E-state index in [-0.39, 0.29) is 5.91 Å². The number of halogens is 2. The number of nitrogens with two attached hydrogens (primary N) is 1. The van der Waals surface area contributed by atoms with Crippen LogP contribution < -0.4 is 16.4 Å². The summed E-state index contributed by atoms with van der Waals surface area (Å²) in [5, 5.41) is 15.2. The summed E-state index contributed by atoms with van der Waals surface area (Å²) in [5.41, 5.74) is 8.93. The van der Waals surface area contributed by atoms with E-state index >= 15 is 8.78 Å². The predicted molar refractivity (Wildman–Crippen MR) is 148 cm³/mol. The number of nitrogens with one attached hydrogen (secondary N) is 2. The topological polar surface area (TPSA) is 108 Å². The quantitative estimate of drug-likeness (QED) is 0.380. The maximum Gasteiger partial charge on any atom is 0.267 e. The molecule has 1 saturated carbocycles. The van der Waals surface area contributed by atoms with Crippen molar-refractivity contribution in [2.24, 2.45) is 11.7 Å². The highest BCUT2D eigenvalue weighted by Gasteiger charge is 2.51. The van der Waals surface area contributed by atoms with Gasteiger partial charge < -0.3 is 11.1 Å². The molecule has 0 bridgehead atoms. The minimum atomic E-state index is -3.06. The van der Waals surface area contributed by atoms with Crippen molar-refractivity contribution in [3.63, 3.8) is 0 Å². The third kappa shape index (κ3) is 5.47. The van der Waals surface area contributed by atoms with Crippen molar-refractivity contribution in [1.29, 1.82) is 5.26 Å². The molecule has 40 heavy (non-hydrogen) atoms. The van der Waals surface area contributed by atoms with Crippen molar-refractivity contribution < 1.29 is 18.4 Å². The summed E-state index contributed by atoms with van der Waals surface area (Å²) < 4.78 is 30.4. The molecule has 3 aromatic carbocycles. The molecule has 1 saturated heterocycles. The number of amides is 2. The van der Waals surface area contributed by atoms with Gasteiger partial charge in [0.2, 0.25) is 11.8 Å². The lowest BCUT2D eigenvalue weighted by Gasteiger charge is -2.41. The zero-order chi connectivity index (χ0) is 28.5. The van der Waals surface area contributed by atoms with Gasteiger partial charge in [-0.25, -0.2) is 8.78 Å². The first-order chi connectivity index (χ1) is 19.1. The van der Waals surface area contributed by atoms with Crippen LogP contribution in [0.2, 0.25) is 0 Å². The van der Waals surface area contributed by atoms with E-state index in [0.29, 0.717) is 12.0 Å². The van der Waals surface area contributed by atoms with Gasteiger partial charge in [0.15, 0.2) is 0 Å². The third-order valence-corrected chi connectivity index (χ3v) is 8.21. The molecule has 2 amide bonds. The fourth-order valence-corrected chi connectivity index (χ4v) is 5.70. The Morgan fingerprint density at radius 2 is 1.62 bits per heavy atom. The van der Waals surface area contributed by atoms with Crippen molar-refractivity contribution in [2.75, 3.05) is 0 Å². The zero-order valence-electron chi connectivity index (χ0n) is 22.2. The van der Waals surface area contributed by atoms with Gasteiger partial charge >= 0.3 is 0 Å². The minimum absolute atomic E-state index is 0.314. The zero-order valence-corrected chi connectivity index (χ0v) is 22.2. The Morgan fingerprint density at radius 3 is 2.17 bits per heavy atom. The maximum atomic E-state index is 15.2. The number of benzene rings is 3. The molecule has 1 heterocycles. The van der Waals surface area contributed by atoms with E-state index in [4.69, 9.17) is 5.73 Å². The highest BCUT2D eigenvalue weighted by Crippen LogP contribution is 2.48. The van der Waals surface area contributed by atoms with Crippen molar-refractivity contribution in [2.45, 2.75) is 62.1 Å². The van der Waals surface area contributed by atoms with Crippen LogP contribution in [0.5, 0.6) is 0 Å². The van der Waals surface area contributed by atoms with Crippen LogP contribution in [0.4, 0.5) is 8.78 Å². The van der Waals surface area contributed by atoms with Crippen molar-refractivity contribution in [1.82, 2.24) is 10.6 Å². The lowest BCUT2D eigenvalue weighted by Crippen LogP contribution is -2.59. The number of nitrogens with zero attached hydrogens (tertiary/aromatic N) is 1. The van der Waals surface area contributed by atoms with Gasteiger partial charge in [0, 0.05) is 12.8 Å². The minimum Gasteiger partial charge on any atom is -0.369 e. The average Bonchev–Trinajstić information content (AvgIpc) is 3.76. The molecule has 5 rings (SSSR count). The second-order valence-electron chi connectivity index (χ2n) is 11.0. The number of hydrogen-bond acceptors (Lipinski definition) is 4. The lowest BCUT2D eigenvalue weighted by atomic mass is 9.82. The Morgan fingerprint density at radius 1 is 1.02 bits per heavy atom. The van der Waals surface area contributed by atoms with Crippen LogP contribution in [-0.2, 0) is 21.4 Å². The van der Waals surface area contributed by atoms with E-state index in [1.807, 2.05) is 54.6 Å². The van der Waals surface area contributed by atoms with E-state index in [1.165, 1.54) is 0 Å². The van der Waals surface area contributed by atoms with Crippen LogP contribution in [0.1, 0.15) is 48.9 Å². The van der Waals surface area contributed by atoms with Crippen molar-refractivity contribution in [3.8, 4) is 17.2 Å². The molecule has 1 aliphatic heterocycles. The lowest BCUT2D eigenvalue weighted by molar-refractivity contribution is -0.133. The Hall–Kier alpha value is -4.09. The highest BCUT2D eigenvalue weighted by molar-refractivity contribution is 5.90. The number of primary amides is 1. The standard InChI is InChI=1S/C32H32F2N4O2/c1-20-18-32(33,34)28(38-27(20)29(39)37-26(19-35)17-21-5-3-2-4-6-21)24-9-7-22(8-10-24)23-11-13-25(14-12-23)31(15-16-31)30(36)40/h2-14,20,26-28,38H,15-18H2,1H3,(H2,36,40)(H,37,39)/t20?,26-,27-,28-/m0/s1. The van der Waals surface area contributed by atoms with E-state index in [9.17, 15) is 14.9 Å². The van der Waals surface area contributed by atoms with Crippen LogP contribution in [0.3, 0.4) is 0 Å². The normalized spacial score (nSPS) is 23.4. The largest absolute Gasteiger partial charge is 0.369 e. The second-order valence-corrected chi connectivity index (χ2v) is 11.0. The smallest absolute Gasteiger partial charge is 0.267 e. The molecule has 2 fully saturated rings. The van der Waals surface area contributed by atoms with Gasteiger partial charge in [-0.1, -0.05) is 85.8 Å². The van der Waals surface area contributed by atoms with Gasteiger partial charge in [-0.15, -0.1) is 0 Å². The van der Waals surface area contributed by atoms with Crippen molar-refractivity contribution in [3.05, 3.63) is 95.6 Å². The van der Waals surface area contributed by atoms with E-state index < -0.39 is 47.7 Å². The van der Waals surface area contributed by atoms with Crippen LogP contribution >= 0.6 is 0 Å². The second kappa shape index (κ2) is 10.8. The maximum absolute atomic E-state index is 15.2. The van der Waals surface area contributed by atoms with Crippen LogP contribution in [0.15, 0.2) is 78.9 Å². The van der Waals surface area contributed by atoms with E-state index in [1.54, 1.807) is 31.2 Å². The van der Waals surface area contributed by atoms with Gasteiger partial charge in [-0.3, -0.25) is 14.9 Å². The molecule has 206 valence electrons. The Kier molecular flexibility index (Phi) is 7.43. The Bertz CT molecular complexity index is 1410. The van der Waals surface area contributed by atoms with Gasteiger partial charge in [-0.05, 0) is 46.6 Å². The molecular formula is C32H32F2N4O2. The molecule has 1 aliphatic carbocycles. The predicted octanol–water partition coefficient (Wildman–Crippen LogP) is 4.80. The van der Waals surface area contributed by atoms with E-state index in [2.05, 4.69) is 16.7 Å². The summed E-state index contributed by atoms with van der Waals surface area (Å²) in [6.07, 6.45) is 1.38. The molecule has 0 aromatic heterocycles. The molecule has 4 N–H and O–H groups in total. The van der Waals surface area contributed by atoms with Gasteiger partial charge in [0.05, 0.1) is 23.6 Å². The monoisotopic (exact) mass is 542 g/mol. The molecule has 3 aromatic rings. The third-order valence-electron chi connectivity index (χ3n) is 8.21. The van der Waals surface area contributed by atoms with E-state index in [0.717, 1.165) is 35.1 Å². The molecule has 0 spiro atoms. The highest BCUT2D eigenvalue weighted by atomic mass is 19.3. The number of carbonyl (C=O) groups excluding carboxylic acids is 2. The first kappa shape index (κ1) is 27.5. The summed E-state index contributed by atoms with van der Waals surface area (Å²) in [6, 6.07) is 22.9. The molecule has 1 unspecified atom stereocenters. The van der Waals surface area contributed by atoms with Crippen LogP contribution in [0, 0.1) is 17.2 Å². The van der Waals surface area contributed by atoms with Crippen molar-refractivity contribution >= 4 is 11.8 Å². The number of carbonyl (C=O) groups is 2. The summed E-state index contributed by atoms with van der Waals surface area (Å²) in [6.45, 7) is 1.62. The fraction of sp³-hybridized carbons (Fsp3) is 0.344. The summed E-state index contributed by atoms with van der Waals surface area (Å²) in [5.74, 6) is -4.47. The Labute approximate surface area is 232 Å². The number of piperidine rings is 1. The molecule has 8 heteroatoms. The Balaban J connectivity index is 1.29. The SMILES string of the molecule is CC1CC(F)(F)[C@H](c2ccc(-c3ccc(C4(C(N)=O)CC4)cc3)cc2)N[C@@H]1C(=O)N[C@H](C#N)Cc1ccccc1. The number of hydrogen-bond donors (Lipinski definition) is 3. The summed E-state index contributed by atoms with van der Waals surface area (Å²) >= 11 is 0. The van der Waals surface area contributed by atoms with Crippen LogP contribution in [0.25, 0.3) is 11.1 Å². The fourth-order valence-electron chi connectivity index (χ4n) is 5.70. The molecular weight excluding hydrogens is 510 g/mol. The first-order valence-electron chi connectivity index (χ1n) is 13.5. The average molecular weight is 543 g/mol. The van der Waals surface area contributed by atoms with Gasteiger partial charge in [0.1, 0.15) is 6.04 Å². The molecule has 6 nitrogen and oxygen atoms in total. The summed E-state index contributed by atoms with van der Waals surface area (Å²) in [7, 11) is 0. The number of alkyl halides is 2.